The molecule has 3 rings (SSSR count). The van der Waals surface area contributed by atoms with Crippen LogP contribution in [0, 0.1) is 0 Å². The van der Waals surface area contributed by atoms with E-state index in [0.29, 0.717) is 18.7 Å². The number of aromatic nitrogens is 2. The monoisotopic (exact) mass is 301 g/mol. The molecule has 2 aromatic heterocycles. The molecule has 6 nitrogen and oxygen atoms in total. The molecule has 0 bridgehead atoms. The Bertz CT molecular complexity index is 748. The van der Waals surface area contributed by atoms with Gasteiger partial charge in [-0.2, -0.15) is 0 Å². The number of pyridine rings is 2. The van der Waals surface area contributed by atoms with E-state index in [2.05, 4.69) is 10.3 Å². The summed E-state index contributed by atoms with van der Waals surface area (Å²) in [6.45, 7) is 3.52. The molecule has 1 amide bonds. The molecule has 0 aromatic carbocycles. The van der Waals surface area contributed by atoms with Crippen molar-refractivity contribution in [3.05, 3.63) is 40.3 Å². The Balaban J connectivity index is 1.90. The highest BCUT2D eigenvalue weighted by molar-refractivity contribution is 5.96. The van der Waals surface area contributed by atoms with Gasteiger partial charge in [0.05, 0.1) is 6.10 Å². The molecule has 0 unspecified atom stereocenters. The lowest BCUT2D eigenvalue weighted by atomic mass is 10.2. The van der Waals surface area contributed by atoms with Gasteiger partial charge in [0.25, 0.3) is 11.5 Å². The van der Waals surface area contributed by atoms with Crippen molar-refractivity contribution >= 4 is 16.9 Å². The molecule has 1 aliphatic rings. The molecule has 2 aromatic rings. The van der Waals surface area contributed by atoms with Gasteiger partial charge < -0.3 is 10.1 Å². The van der Waals surface area contributed by atoms with Gasteiger partial charge in [-0.1, -0.05) is 0 Å². The third-order valence-electron chi connectivity index (χ3n) is 3.92. The summed E-state index contributed by atoms with van der Waals surface area (Å²) in [5, 5.41) is 3.58. The van der Waals surface area contributed by atoms with Crippen molar-refractivity contribution in [3.8, 4) is 0 Å². The Hall–Kier alpha value is -2.21. The van der Waals surface area contributed by atoms with Crippen LogP contribution in [0.1, 0.15) is 30.1 Å². The molecular formula is C16H19N3O3. The molecule has 1 atom stereocenters. The molecule has 0 aliphatic carbocycles. The summed E-state index contributed by atoms with van der Waals surface area (Å²) in [7, 11) is 0. The molecule has 3 heterocycles. The highest BCUT2D eigenvalue weighted by atomic mass is 16.5. The summed E-state index contributed by atoms with van der Waals surface area (Å²) in [6.07, 6.45) is 3.66. The van der Waals surface area contributed by atoms with Gasteiger partial charge >= 0.3 is 0 Å². The second-order valence-electron chi connectivity index (χ2n) is 5.37. The maximum atomic E-state index is 12.5. The number of carbonyl (C=O) groups excluding carboxylic acids is 1. The van der Waals surface area contributed by atoms with E-state index in [4.69, 9.17) is 4.74 Å². The summed E-state index contributed by atoms with van der Waals surface area (Å²) in [4.78, 5) is 29.0. The minimum Gasteiger partial charge on any atom is -0.376 e. The number of carbonyl (C=O) groups is 1. The van der Waals surface area contributed by atoms with Crippen LogP contribution in [0.25, 0.3) is 11.0 Å². The summed E-state index contributed by atoms with van der Waals surface area (Å²) in [5.41, 5.74) is 0.449. The number of rotatable bonds is 4. The summed E-state index contributed by atoms with van der Waals surface area (Å²) >= 11 is 0. The number of hydrogen-bond donors (Lipinski definition) is 1. The van der Waals surface area contributed by atoms with E-state index < -0.39 is 0 Å². The number of aryl methyl sites for hydroxylation is 1. The van der Waals surface area contributed by atoms with Crippen LogP contribution in [0.2, 0.25) is 0 Å². The normalized spacial score (nSPS) is 17.8. The minimum absolute atomic E-state index is 0.0551. The van der Waals surface area contributed by atoms with Gasteiger partial charge in [0.2, 0.25) is 0 Å². The smallest absolute Gasteiger partial charge is 0.265 e. The van der Waals surface area contributed by atoms with E-state index in [9.17, 15) is 9.59 Å². The van der Waals surface area contributed by atoms with Gasteiger partial charge in [0.1, 0.15) is 11.2 Å². The van der Waals surface area contributed by atoms with Gasteiger partial charge in [-0.15, -0.1) is 0 Å². The fraction of sp³-hybridized carbons (Fsp3) is 0.438. The number of fused-ring (bicyclic) bond motifs is 1. The first kappa shape index (κ1) is 14.7. The Morgan fingerprint density at radius 1 is 1.55 bits per heavy atom. The SMILES string of the molecule is CCn1c(=O)c(C(=O)NC[C@H]2CCCO2)cc2cccnc21. The van der Waals surface area contributed by atoms with Crippen LogP contribution in [-0.2, 0) is 11.3 Å². The molecule has 1 fully saturated rings. The molecule has 1 aliphatic heterocycles. The molecule has 6 heteroatoms. The van der Waals surface area contributed by atoms with Gasteiger partial charge in [-0.25, -0.2) is 4.98 Å². The predicted octanol–water partition coefficient (Wildman–Crippen LogP) is 1.33. The average Bonchev–Trinajstić information content (AvgIpc) is 3.05. The molecule has 0 radical (unpaired) electrons. The molecule has 116 valence electrons. The van der Waals surface area contributed by atoms with Crippen LogP contribution >= 0.6 is 0 Å². The highest BCUT2D eigenvalue weighted by Crippen LogP contribution is 2.12. The van der Waals surface area contributed by atoms with Crippen molar-refractivity contribution in [1.29, 1.82) is 0 Å². The molecule has 22 heavy (non-hydrogen) atoms. The Kier molecular flexibility index (Phi) is 4.20. The van der Waals surface area contributed by atoms with Crippen LogP contribution in [0.15, 0.2) is 29.2 Å². The fourth-order valence-corrected chi connectivity index (χ4v) is 2.77. The van der Waals surface area contributed by atoms with Gasteiger partial charge in [-0.05, 0) is 38.0 Å². The summed E-state index contributed by atoms with van der Waals surface area (Å²) in [6, 6.07) is 5.26. The molecule has 0 spiro atoms. The lowest BCUT2D eigenvalue weighted by Gasteiger charge is -2.12. The maximum Gasteiger partial charge on any atom is 0.265 e. The largest absolute Gasteiger partial charge is 0.376 e. The lowest BCUT2D eigenvalue weighted by molar-refractivity contribution is 0.0856. The van der Waals surface area contributed by atoms with Crippen molar-refractivity contribution in [2.45, 2.75) is 32.4 Å². The van der Waals surface area contributed by atoms with E-state index in [-0.39, 0.29) is 23.1 Å². The maximum absolute atomic E-state index is 12.5. The van der Waals surface area contributed by atoms with Crippen LogP contribution in [0.3, 0.4) is 0 Å². The zero-order valence-electron chi connectivity index (χ0n) is 12.5. The quantitative estimate of drug-likeness (QED) is 0.924. The van der Waals surface area contributed by atoms with Crippen LogP contribution in [0.5, 0.6) is 0 Å². The third-order valence-corrected chi connectivity index (χ3v) is 3.92. The zero-order chi connectivity index (χ0) is 15.5. The van der Waals surface area contributed by atoms with Crippen molar-refractivity contribution < 1.29 is 9.53 Å². The van der Waals surface area contributed by atoms with Crippen molar-refractivity contribution in [1.82, 2.24) is 14.9 Å². The van der Waals surface area contributed by atoms with Crippen LogP contribution in [0.4, 0.5) is 0 Å². The number of amides is 1. The fourth-order valence-electron chi connectivity index (χ4n) is 2.77. The molecule has 1 saturated heterocycles. The minimum atomic E-state index is -0.353. The van der Waals surface area contributed by atoms with Crippen LogP contribution in [-0.4, -0.2) is 34.7 Å². The second-order valence-corrected chi connectivity index (χ2v) is 5.37. The number of nitrogens with zero attached hydrogens (tertiary/aromatic N) is 2. The Morgan fingerprint density at radius 2 is 2.41 bits per heavy atom. The zero-order valence-corrected chi connectivity index (χ0v) is 12.5. The predicted molar refractivity (Wildman–Crippen MR) is 83.0 cm³/mol. The van der Waals surface area contributed by atoms with Crippen molar-refractivity contribution in [2.75, 3.05) is 13.2 Å². The van der Waals surface area contributed by atoms with Gasteiger partial charge in [0.15, 0.2) is 0 Å². The number of hydrogen-bond acceptors (Lipinski definition) is 4. The lowest BCUT2D eigenvalue weighted by Crippen LogP contribution is -2.36. The first-order valence-corrected chi connectivity index (χ1v) is 7.59. The van der Waals surface area contributed by atoms with Crippen molar-refractivity contribution in [3.63, 3.8) is 0 Å². The summed E-state index contributed by atoms with van der Waals surface area (Å²) in [5.74, 6) is -0.353. The molecule has 1 N–H and O–H groups in total. The van der Waals surface area contributed by atoms with E-state index in [1.807, 2.05) is 13.0 Å². The van der Waals surface area contributed by atoms with E-state index in [1.165, 1.54) is 4.57 Å². The number of ether oxygens (including phenoxy) is 1. The van der Waals surface area contributed by atoms with Gasteiger partial charge in [0, 0.05) is 31.3 Å². The van der Waals surface area contributed by atoms with E-state index >= 15 is 0 Å². The molecular weight excluding hydrogens is 282 g/mol. The Morgan fingerprint density at radius 3 is 3.14 bits per heavy atom. The molecule has 0 saturated carbocycles. The average molecular weight is 301 g/mol. The van der Waals surface area contributed by atoms with E-state index in [1.54, 1.807) is 18.3 Å². The second kappa shape index (κ2) is 6.27. The standard InChI is InChI=1S/C16H19N3O3/c1-2-19-14-11(5-3-7-17-14)9-13(16(19)21)15(20)18-10-12-6-4-8-22-12/h3,5,7,9,12H,2,4,6,8,10H2,1H3,(H,18,20)/t12-/m1/s1. The van der Waals surface area contributed by atoms with E-state index in [0.717, 1.165) is 24.8 Å². The first-order valence-electron chi connectivity index (χ1n) is 7.59. The van der Waals surface area contributed by atoms with Crippen molar-refractivity contribution in [2.24, 2.45) is 0 Å². The highest BCUT2D eigenvalue weighted by Gasteiger charge is 2.19. The third kappa shape index (κ3) is 2.74. The topological polar surface area (TPSA) is 73.2 Å². The number of nitrogens with one attached hydrogen (secondary N) is 1. The summed E-state index contributed by atoms with van der Waals surface area (Å²) < 4.78 is 7.00. The Labute approximate surface area is 128 Å². The van der Waals surface area contributed by atoms with Crippen LogP contribution < -0.4 is 10.9 Å². The first-order chi connectivity index (χ1) is 10.7. The van der Waals surface area contributed by atoms with Gasteiger partial charge in [-0.3, -0.25) is 14.2 Å².